The zero-order valence-electron chi connectivity index (χ0n) is 12.3. The molecule has 0 saturated carbocycles. The van der Waals surface area contributed by atoms with Crippen LogP contribution < -0.4 is 10.6 Å². The lowest BCUT2D eigenvalue weighted by atomic mass is 10.1. The first-order valence-corrected chi connectivity index (χ1v) is 7.21. The number of halogens is 3. The molecule has 0 bridgehead atoms. The fourth-order valence-corrected chi connectivity index (χ4v) is 2.33. The van der Waals surface area contributed by atoms with Gasteiger partial charge >= 0.3 is 6.18 Å². The molecule has 0 spiro atoms. The molecular weight excluding hydrogens is 269 g/mol. The van der Waals surface area contributed by atoms with E-state index in [4.69, 9.17) is 0 Å². The Labute approximate surface area is 118 Å². The van der Waals surface area contributed by atoms with Crippen LogP contribution in [0.15, 0.2) is 4.99 Å². The van der Waals surface area contributed by atoms with Crippen molar-refractivity contribution < 1.29 is 13.2 Å². The third-order valence-electron chi connectivity index (χ3n) is 3.39. The summed E-state index contributed by atoms with van der Waals surface area (Å²) in [5.41, 5.74) is 0. The van der Waals surface area contributed by atoms with Gasteiger partial charge in [0.2, 0.25) is 0 Å². The second-order valence-corrected chi connectivity index (χ2v) is 5.12. The molecule has 0 aromatic rings. The van der Waals surface area contributed by atoms with E-state index >= 15 is 0 Å². The number of likely N-dealkylation sites (tertiary alicyclic amines) is 1. The van der Waals surface area contributed by atoms with Crippen molar-refractivity contribution >= 4 is 5.96 Å². The molecule has 0 aromatic heterocycles. The monoisotopic (exact) mass is 294 g/mol. The Morgan fingerprint density at radius 3 is 2.45 bits per heavy atom. The summed E-state index contributed by atoms with van der Waals surface area (Å²) in [4.78, 5) is 6.39. The van der Waals surface area contributed by atoms with Crippen molar-refractivity contribution in [1.29, 1.82) is 0 Å². The van der Waals surface area contributed by atoms with Crippen molar-refractivity contribution in [3.63, 3.8) is 0 Å². The molecule has 0 aromatic carbocycles. The number of hydrogen-bond donors (Lipinski definition) is 2. The molecule has 4 nitrogen and oxygen atoms in total. The summed E-state index contributed by atoms with van der Waals surface area (Å²) in [6, 6.07) is 0.292. The van der Waals surface area contributed by atoms with E-state index in [1.165, 1.54) is 0 Å². The minimum Gasteiger partial charge on any atom is -0.356 e. The van der Waals surface area contributed by atoms with E-state index in [-0.39, 0.29) is 6.54 Å². The average molecular weight is 294 g/mol. The predicted octanol–water partition coefficient (Wildman–Crippen LogP) is 1.98. The minimum atomic E-state index is -4.13. The number of guanidine groups is 1. The molecule has 7 heteroatoms. The average Bonchev–Trinajstić information content (AvgIpc) is 2.38. The normalized spacial score (nSPS) is 19.1. The maximum atomic E-state index is 12.1. The number of hydrogen-bond acceptors (Lipinski definition) is 2. The lowest BCUT2D eigenvalue weighted by Crippen LogP contribution is -2.49. The van der Waals surface area contributed by atoms with Gasteiger partial charge in [-0.05, 0) is 25.8 Å². The molecule has 1 saturated heterocycles. The lowest BCUT2D eigenvalue weighted by Gasteiger charge is -2.32. The third kappa shape index (κ3) is 6.98. The maximum Gasteiger partial charge on any atom is 0.390 e. The van der Waals surface area contributed by atoms with Crippen LogP contribution in [0.4, 0.5) is 13.2 Å². The van der Waals surface area contributed by atoms with Crippen molar-refractivity contribution in [2.45, 2.75) is 44.8 Å². The zero-order valence-corrected chi connectivity index (χ0v) is 12.3. The fraction of sp³-hybridized carbons (Fsp3) is 0.923. The summed E-state index contributed by atoms with van der Waals surface area (Å²) < 4.78 is 36.2. The van der Waals surface area contributed by atoms with Crippen LogP contribution in [-0.4, -0.2) is 56.3 Å². The van der Waals surface area contributed by atoms with E-state index in [1.807, 2.05) is 0 Å². The number of rotatable bonds is 5. The molecule has 0 atom stereocenters. The van der Waals surface area contributed by atoms with E-state index in [0.29, 0.717) is 12.0 Å². The highest BCUT2D eigenvalue weighted by atomic mass is 19.4. The molecule has 0 aliphatic carbocycles. The molecule has 20 heavy (non-hydrogen) atoms. The van der Waals surface area contributed by atoms with Gasteiger partial charge in [-0.25, -0.2) is 0 Å². The van der Waals surface area contributed by atoms with E-state index in [1.54, 1.807) is 7.05 Å². The first kappa shape index (κ1) is 17.1. The predicted molar refractivity (Wildman–Crippen MR) is 74.9 cm³/mol. The van der Waals surface area contributed by atoms with Gasteiger partial charge < -0.3 is 15.5 Å². The molecule has 1 rings (SSSR count). The molecular formula is C13H25F3N4. The standard InChI is InChI=1S/C13H25F3N4/c1-3-8-20-9-4-11(5-10-20)19-12(17-2)18-7-6-13(14,15)16/h11H,3-10H2,1-2H3,(H2,17,18,19). The number of aliphatic imine (C=N–C) groups is 1. The Kier molecular flexibility index (Phi) is 7.12. The van der Waals surface area contributed by atoms with E-state index in [0.717, 1.165) is 38.9 Å². The second-order valence-electron chi connectivity index (χ2n) is 5.12. The van der Waals surface area contributed by atoms with Crippen LogP contribution in [-0.2, 0) is 0 Å². The quantitative estimate of drug-likeness (QED) is 0.601. The van der Waals surface area contributed by atoms with Gasteiger partial charge in [0.1, 0.15) is 0 Å². The van der Waals surface area contributed by atoms with Gasteiger partial charge in [-0.3, -0.25) is 4.99 Å². The van der Waals surface area contributed by atoms with E-state index < -0.39 is 12.6 Å². The highest BCUT2D eigenvalue weighted by Gasteiger charge is 2.26. The summed E-state index contributed by atoms with van der Waals surface area (Å²) in [7, 11) is 1.58. The Balaban J connectivity index is 2.25. The van der Waals surface area contributed by atoms with Gasteiger partial charge in [-0.2, -0.15) is 13.2 Å². The van der Waals surface area contributed by atoms with Crippen LogP contribution in [0, 0.1) is 0 Å². The first-order chi connectivity index (χ1) is 9.44. The van der Waals surface area contributed by atoms with Crippen molar-refractivity contribution in [1.82, 2.24) is 15.5 Å². The van der Waals surface area contributed by atoms with Crippen molar-refractivity contribution in [2.75, 3.05) is 33.2 Å². The summed E-state index contributed by atoms with van der Waals surface area (Å²) in [5, 5.41) is 5.91. The molecule has 1 heterocycles. The van der Waals surface area contributed by atoms with Crippen molar-refractivity contribution in [3.8, 4) is 0 Å². The van der Waals surface area contributed by atoms with Gasteiger partial charge in [-0.1, -0.05) is 6.92 Å². The molecule has 1 fully saturated rings. The van der Waals surface area contributed by atoms with Crippen LogP contribution in [0.2, 0.25) is 0 Å². The molecule has 0 unspecified atom stereocenters. The van der Waals surface area contributed by atoms with Gasteiger partial charge in [0, 0.05) is 32.7 Å². The van der Waals surface area contributed by atoms with Gasteiger partial charge in [0.05, 0.1) is 6.42 Å². The van der Waals surface area contributed by atoms with Crippen LogP contribution in [0.3, 0.4) is 0 Å². The SMILES string of the molecule is CCCN1CCC(NC(=NC)NCCC(F)(F)F)CC1. The van der Waals surface area contributed by atoms with Crippen LogP contribution in [0.5, 0.6) is 0 Å². The number of nitrogens with one attached hydrogen (secondary N) is 2. The summed E-state index contributed by atoms with van der Waals surface area (Å²) in [6.45, 7) is 5.20. The smallest absolute Gasteiger partial charge is 0.356 e. The highest BCUT2D eigenvalue weighted by molar-refractivity contribution is 5.79. The Morgan fingerprint density at radius 2 is 1.95 bits per heavy atom. The zero-order chi connectivity index (χ0) is 15.0. The molecule has 1 aliphatic rings. The summed E-state index contributed by atoms with van der Waals surface area (Å²) in [5.74, 6) is 0.461. The second kappa shape index (κ2) is 8.34. The Bertz CT molecular complexity index is 296. The topological polar surface area (TPSA) is 39.7 Å². The molecule has 1 aliphatic heterocycles. The summed E-state index contributed by atoms with van der Waals surface area (Å²) >= 11 is 0. The number of piperidine rings is 1. The number of nitrogens with zero attached hydrogens (tertiary/aromatic N) is 2. The summed E-state index contributed by atoms with van der Waals surface area (Å²) in [6.07, 6.45) is -1.82. The van der Waals surface area contributed by atoms with Crippen LogP contribution >= 0.6 is 0 Å². The van der Waals surface area contributed by atoms with E-state index in [9.17, 15) is 13.2 Å². The Morgan fingerprint density at radius 1 is 1.30 bits per heavy atom. The largest absolute Gasteiger partial charge is 0.390 e. The number of alkyl halides is 3. The van der Waals surface area contributed by atoms with Crippen LogP contribution in [0.1, 0.15) is 32.6 Å². The Hall–Kier alpha value is -0.980. The van der Waals surface area contributed by atoms with Gasteiger partial charge in [-0.15, -0.1) is 0 Å². The van der Waals surface area contributed by atoms with Gasteiger partial charge in [0.15, 0.2) is 5.96 Å². The van der Waals surface area contributed by atoms with Crippen molar-refractivity contribution in [2.24, 2.45) is 4.99 Å². The third-order valence-corrected chi connectivity index (χ3v) is 3.39. The minimum absolute atomic E-state index is 0.141. The van der Waals surface area contributed by atoms with Crippen molar-refractivity contribution in [3.05, 3.63) is 0 Å². The first-order valence-electron chi connectivity index (χ1n) is 7.21. The highest BCUT2D eigenvalue weighted by Crippen LogP contribution is 2.18. The maximum absolute atomic E-state index is 12.1. The molecule has 2 N–H and O–H groups in total. The molecule has 118 valence electrons. The molecule has 0 radical (unpaired) electrons. The van der Waals surface area contributed by atoms with E-state index in [2.05, 4.69) is 27.4 Å². The van der Waals surface area contributed by atoms with Crippen LogP contribution in [0.25, 0.3) is 0 Å². The molecule has 0 amide bonds. The lowest BCUT2D eigenvalue weighted by molar-refractivity contribution is -0.132. The fourth-order valence-electron chi connectivity index (χ4n) is 2.33. The van der Waals surface area contributed by atoms with Gasteiger partial charge in [0.25, 0.3) is 0 Å².